The molecule has 5 aliphatic rings. The maximum Gasteiger partial charge on any atom is 0.256 e. The fraction of sp³-hybridized carbons (Fsp3) is 0.606. The lowest BCUT2D eigenvalue weighted by Gasteiger charge is -2.61. The van der Waals surface area contributed by atoms with Gasteiger partial charge in [0.1, 0.15) is 6.17 Å². The molecule has 9 unspecified atom stereocenters. The number of ketones is 1. The summed E-state index contributed by atoms with van der Waals surface area (Å²) in [6, 6.07) is 9.05. The second-order valence-corrected chi connectivity index (χ2v) is 13.0. The Morgan fingerprint density at radius 3 is 2.69 bits per heavy atom. The number of halogens is 1. The molecule has 1 amide bonds. The molecule has 3 saturated carbocycles. The Morgan fingerprint density at radius 1 is 1.10 bits per heavy atom. The average molecular weight is 576 g/mol. The molecular weight excluding hydrogens is 533 g/mol. The molecule has 2 aromatic rings. The van der Waals surface area contributed by atoms with Gasteiger partial charge in [0.15, 0.2) is 5.78 Å². The molecule has 0 radical (unpaired) electrons. The minimum Gasteiger partial charge on any atom is -0.369 e. The van der Waals surface area contributed by atoms with Crippen molar-refractivity contribution in [2.24, 2.45) is 17.8 Å². The van der Waals surface area contributed by atoms with Crippen LogP contribution in [0.25, 0.3) is 0 Å². The third-order valence-corrected chi connectivity index (χ3v) is 10.6. The summed E-state index contributed by atoms with van der Waals surface area (Å²) in [5.74, 6) is 0.0728. The summed E-state index contributed by atoms with van der Waals surface area (Å²) in [5.41, 5.74) is 1.13. The van der Waals surface area contributed by atoms with E-state index in [2.05, 4.69) is 20.5 Å². The van der Waals surface area contributed by atoms with E-state index in [4.69, 9.17) is 4.74 Å². The number of nitrogens with one attached hydrogen (secondary N) is 2. The Balaban J connectivity index is 1.14. The number of aryl methyl sites for hydroxylation is 1. The van der Waals surface area contributed by atoms with Gasteiger partial charge in [0.2, 0.25) is 0 Å². The highest BCUT2D eigenvalue weighted by Crippen LogP contribution is 2.50. The van der Waals surface area contributed by atoms with Crippen molar-refractivity contribution < 1.29 is 18.7 Å². The SMILES string of the molecule is O=C(NCc1ccccc1)C1=CN2C3CC4CCCCC4CC3OC3C(NCCCn4ccnc4)C(F)CC(C1=O)C32. The number of imidazole rings is 1. The van der Waals surface area contributed by atoms with E-state index in [1.807, 2.05) is 47.3 Å². The predicted octanol–water partition coefficient (Wildman–Crippen LogP) is 3.78. The third-order valence-electron chi connectivity index (χ3n) is 10.6. The van der Waals surface area contributed by atoms with Gasteiger partial charge in [-0.3, -0.25) is 9.59 Å². The minimum absolute atomic E-state index is 0.0233. The molecule has 9 atom stereocenters. The Morgan fingerprint density at radius 2 is 1.90 bits per heavy atom. The molecule has 4 fully saturated rings. The van der Waals surface area contributed by atoms with Gasteiger partial charge in [-0.1, -0.05) is 56.0 Å². The van der Waals surface area contributed by atoms with Crippen molar-refractivity contribution in [2.75, 3.05) is 6.54 Å². The van der Waals surface area contributed by atoms with Crippen LogP contribution in [0.4, 0.5) is 4.39 Å². The van der Waals surface area contributed by atoms with E-state index in [-0.39, 0.29) is 41.9 Å². The number of carbonyl (C=O) groups excluding carboxylic acids is 2. The molecule has 8 nitrogen and oxygen atoms in total. The van der Waals surface area contributed by atoms with Crippen molar-refractivity contribution in [1.82, 2.24) is 25.1 Å². The monoisotopic (exact) mass is 575 g/mol. The summed E-state index contributed by atoms with van der Waals surface area (Å²) in [6.07, 6.45) is 13.5. The molecule has 1 aromatic heterocycles. The van der Waals surface area contributed by atoms with Gasteiger partial charge < -0.3 is 24.8 Å². The van der Waals surface area contributed by atoms with Crippen LogP contribution in [0, 0.1) is 17.8 Å². The van der Waals surface area contributed by atoms with Crippen LogP contribution < -0.4 is 10.6 Å². The molecule has 42 heavy (non-hydrogen) atoms. The van der Waals surface area contributed by atoms with Gasteiger partial charge in [0.05, 0.1) is 42.2 Å². The summed E-state index contributed by atoms with van der Waals surface area (Å²) in [6.45, 7) is 1.80. The fourth-order valence-corrected chi connectivity index (χ4v) is 8.52. The van der Waals surface area contributed by atoms with Crippen LogP contribution in [-0.2, 0) is 27.4 Å². The van der Waals surface area contributed by atoms with Crippen molar-refractivity contribution >= 4 is 11.7 Å². The number of ether oxygens (including phenoxy) is 1. The quantitative estimate of drug-likeness (QED) is 0.368. The second-order valence-electron chi connectivity index (χ2n) is 13.0. The lowest BCUT2D eigenvalue weighted by atomic mass is 9.65. The molecule has 2 N–H and O–H groups in total. The normalized spacial score (nSPS) is 35.5. The molecule has 9 heteroatoms. The maximum atomic E-state index is 16.0. The number of carbonyl (C=O) groups is 2. The third kappa shape index (κ3) is 5.30. The summed E-state index contributed by atoms with van der Waals surface area (Å²) < 4.78 is 24.9. The first kappa shape index (κ1) is 27.8. The largest absolute Gasteiger partial charge is 0.369 e. The van der Waals surface area contributed by atoms with E-state index in [0.29, 0.717) is 24.9 Å². The lowest BCUT2D eigenvalue weighted by molar-refractivity contribution is -0.208. The van der Waals surface area contributed by atoms with Crippen molar-refractivity contribution in [3.05, 3.63) is 66.4 Å². The van der Waals surface area contributed by atoms with Crippen LogP contribution in [0.15, 0.2) is 60.8 Å². The Kier molecular flexibility index (Phi) is 7.88. The first-order valence-electron chi connectivity index (χ1n) is 15.9. The number of aromatic nitrogens is 2. The van der Waals surface area contributed by atoms with Crippen molar-refractivity contribution in [3.63, 3.8) is 0 Å². The zero-order valence-corrected chi connectivity index (χ0v) is 24.1. The molecule has 0 bridgehead atoms. The van der Waals surface area contributed by atoms with Gasteiger partial charge in [0, 0.05) is 37.6 Å². The van der Waals surface area contributed by atoms with Crippen LogP contribution in [0.1, 0.15) is 56.9 Å². The van der Waals surface area contributed by atoms with Gasteiger partial charge in [-0.25, -0.2) is 9.37 Å². The number of fused-ring (bicyclic) bond motifs is 3. The molecule has 3 heterocycles. The van der Waals surface area contributed by atoms with E-state index < -0.39 is 24.2 Å². The van der Waals surface area contributed by atoms with E-state index in [0.717, 1.165) is 31.4 Å². The highest BCUT2D eigenvalue weighted by atomic mass is 19.1. The summed E-state index contributed by atoms with van der Waals surface area (Å²) in [5, 5.41) is 6.44. The fourth-order valence-electron chi connectivity index (χ4n) is 8.52. The Hall–Kier alpha value is -3.04. The topological polar surface area (TPSA) is 88.5 Å². The highest BCUT2D eigenvalue weighted by molar-refractivity contribution is 6.20. The van der Waals surface area contributed by atoms with E-state index in [9.17, 15) is 9.59 Å². The number of Topliss-reactive ketones (excluding diaryl/α,β-unsaturated/α-hetero) is 1. The summed E-state index contributed by atoms with van der Waals surface area (Å²) in [4.78, 5) is 33.7. The molecular formula is C33H42FN5O3. The maximum absolute atomic E-state index is 16.0. The molecule has 7 rings (SSSR count). The van der Waals surface area contributed by atoms with Gasteiger partial charge in [-0.15, -0.1) is 0 Å². The van der Waals surface area contributed by atoms with Crippen molar-refractivity contribution in [2.45, 2.75) is 101 Å². The summed E-state index contributed by atoms with van der Waals surface area (Å²) in [7, 11) is 0. The predicted molar refractivity (Wildman–Crippen MR) is 156 cm³/mol. The van der Waals surface area contributed by atoms with Gasteiger partial charge >= 0.3 is 0 Å². The number of morpholine rings is 1. The van der Waals surface area contributed by atoms with Crippen molar-refractivity contribution in [1.29, 1.82) is 0 Å². The molecule has 0 spiro atoms. The van der Waals surface area contributed by atoms with Crippen LogP contribution in [0.2, 0.25) is 0 Å². The van der Waals surface area contributed by atoms with Crippen molar-refractivity contribution in [3.8, 4) is 0 Å². The number of hydrogen-bond donors (Lipinski definition) is 2. The first-order chi connectivity index (χ1) is 20.6. The van der Waals surface area contributed by atoms with Crippen LogP contribution in [0.5, 0.6) is 0 Å². The number of rotatable bonds is 8. The number of alkyl halides is 1. The zero-order valence-electron chi connectivity index (χ0n) is 24.1. The van der Waals surface area contributed by atoms with Gasteiger partial charge in [-0.05, 0) is 49.6 Å². The number of amides is 1. The standard InChI is InChI=1S/C33H42FN5O3/c34-26-17-24-30-32(29(26)36-11-6-13-38-14-12-35-20-38)42-28-16-23-10-5-4-9-22(23)15-27(28)39(30)19-25(31(24)40)33(41)37-18-21-7-2-1-3-8-21/h1-3,7-8,12,14,19-20,22-24,26-30,32,36H,4-6,9-11,13,15-18H2,(H,37,41). The number of benzene rings is 1. The Labute approximate surface area is 247 Å². The smallest absolute Gasteiger partial charge is 0.256 e. The highest BCUT2D eigenvalue weighted by Gasteiger charge is 2.59. The minimum atomic E-state index is -1.23. The van der Waals surface area contributed by atoms with Gasteiger partial charge in [-0.2, -0.15) is 0 Å². The average Bonchev–Trinajstić information content (AvgIpc) is 3.53. The number of nitrogens with zero attached hydrogens (tertiary/aromatic N) is 3. The van der Waals surface area contributed by atoms with E-state index >= 15 is 4.39 Å². The lowest BCUT2D eigenvalue weighted by Crippen LogP contribution is -2.73. The van der Waals surface area contributed by atoms with E-state index in [1.54, 1.807) is 12.5 Å². The van der Waals surface area contributed by atoms with E-state index in [1.165, 1.54) is 25.7 Å². The van der Waals surface area contributed by atoms with Gasteiger partial charge in [0.25, 0.3) is 5.91 Å². The number of hydrogen-bond acceptors (Lipinski definition) is 6. The molecule has 1 aromatic carbocycles. The molecule has 1 saturated heterocycles. The molecule has 224 valence electrons. The molecule has 3 aliphatic carbocycles. The summed E-state index contributed by atoms with van der Waals surface area (Å²) >= 11 is 0. The molecule has 2 aliphatic heterocycles. The van der Waals surface area contributed by atoms with Crippen LogP contribution in [0.3, 0.4) is 0 Å². The van der Waals surface area contributed by atoms with Crippen LogP contribution in [-0.4, -0.2) is 69.2 Å². The van der Waals surface area contributed by atoms with Crippen LogP contribution >= 0.6 is 0 Å². The second kappa shape index (κ2) is 11.9. The first-order valence-corrected chi connectivity index (χ1v) is 15.9. The Bertz CT molecular complexity index is 1290. The zero-order chi connectivity index (χ0) is 28.6.